The van der Waals surface area contributed by atoms with Gasteiger partial charge in [-0.15, -0.1) is 0 Å². The lowest BCUT2D eigenvalue weighted by atomic mass is 10.2. The Hall–Kier alpha value is -1.42. The van der Waals surface area contributed by atoms with Crippen LogP contribution in [0, 0.1) is 0 Å². The minimum Gasteiger partial charge on any atom is -0.369 e. The molecule has 1 heterocycles. The molecule has 1 saturated heterocycles. The Morgan fingerprint density at radius 3 is 2.95 bits per heavy atom. The second kappa shape index (κ2) is 6.84. The van der Waals surface area contributed by atoms with E-state index in [9.17, 15) is 0 Å². The van der Waals surface area contributed by atoms with Crippen LogP contribution in [0.2, 0.25) is 5.02 Å². The highest BCUT2D eigenvalue weighted by Gasteiger charge is 2.23. The molecule has 0 radical (unpaired) electrons. The van der Waals surface area contributed by atoms with Crippen molar-refractivity contribution in [3.05, 3.63) is 29.3 Å². The fourth-order valence-electron chi connectivity index (χ4n) is 2.43. The predicted octanol–water partition coefficient (Wildman–Crippen LogP) is 2.45. The van der Waals surface area contributed by atoms with Crippen LogP contribution in [0.3, 0.4) is 0 Å². The summed E-state index contributed by atoms with van der Waals surface area (Å²) in [4.78, 5) is 8.89. The molecule has 4 nitrogen and oxygen atoms in total. The molecule has 1 aromatic rings. The van der Waals surface area contributed by atoms with Crippen LogP contribution in [0.25, 0.3) is 0 Å². The fourth-order valence-corrected chi connectivity index (χ4v) is 2.62. The first kappa shape index (κ1) is 15.0. The largest absolute Gasteiger partial charge is 0.369 e. The highest BCUT2D eigenvalue weighted by atomic mass is 35.5. The van der Waals surface area contributed by atoms with Crippen LogP contribution in [0.5, 0.6) is 0 Å². The summed E-state index contributed by atoms with van der Waals surface area (Å²) < 4.78 is 0. The molecule has 1 aliphatic rings. The molecule has 20 heavy (non-hydrogen) atoms. The van der Waals surface area contributed by atoms with Crippen LogP contribution in [-0.2, 0) is 0 Å². The quantitative estimate of drug-likeness (QED) is 0.686. The van der Waals surface area contributed by atoms with Crippen molar-refractivity contribution in [1.82, 2.24) is 10.2 Å². The van der Waals surface area contributed by atoms with Gasteiger partial charge in [0.25, 0.3) is 0 Å². The van der Waals surface area contributed by atoms with Crippen molar-refractivity contribution in [3.63, 3.8) is 0 Å². The van der Waals surface area contributed by atoms with Crippen LogP contribution >= 0.6 is 11.6 Å². The number of benzene rings is 1. The Morgan fingerprint density at radius 2 is 2.30 bits per heavy atom. The first-order valence-electron chi connectivity index (χ1n) is 7.09. The summed E-state index contributed by atoms with van der Waals surface area (Å²) in [5, 5.41) is 4.32. The molecule has 1 aromatic carbocycles. The number of aliphatic imine (C=N–C) groups is 1. The van der Waals surface area contributed by atoms with Gasteiger partial charge in [-0.2, -0.15) is 0 Å². The number of nitrogens with zero attached hydrogens (tertiary/aromatic N) is 3. The normalized spacial score (nSPS) is 19.3. The van der Waals surface area contributed by atoms with Gasteiger partial charge in [0, 0.05) is 50.5 Å². The van der Waals surface area contributed by atoms with Crippen molar-refractivity contribution in [3.8, 4) is 0 Å². The first-order valence-corrected chi connectivity index (χ1v) is 7.46. The minimum absolute atomic E-state index is 0.432. The SMILES string of the molecule is CCN=C(NC1CCN(c2cccc(Cl)c2)C1)N(C)C. The standard InChI is InChI=1S/C15H23ClN4/c1-4-17-15(19(2)3)18-13-8-9-20(11-13)14-7-5-6-12(16)10-14/h5-7,10,13H,4,8-9,11H2,1-3H3,(H,17,18). The van der Waals surface area contributed by atoms with E-state index in [0.29, 0.717) is 6.04 Å². The van der Waals surface area contributed by atoms with E-state index in [1.807, 2.05) is 37.2 Å². The molecule has 2 rings (SSSR count). The molecule has 0 aromatic heterocycles. The van der Waals surface area contributed by atoms with Crippen LogP contribution in [-0.4, -0.2) is 50.6 Å². The van der Waals surface area contributed by atoms with Gasteiger partial charge in [-0.1, -0.05) is 17.7 Å². The summed E-state index contributed by atoms with van der Waals surface area (Å²) in [7, 11) is 4.04. The number of rotatable bonds is 3. The number of guanidine groups is 1. The predicted molar refractivity (Wildman–Crippen MR) is 86.9 cm³/mol. The molecule has 1 aliphatic heterocycles. The molecule has 0 saturated carbocycles. The van der Waals surface area contributed by atoms with Crippen molar-refractivity contribution < 1.29 is 0 Å². The molecule has 1 unspecified atom stereocenters. The number of anilines is 1. The topological polar surface area (TPSA) is 30.9 Å². The smallest absolute Gasteiger partial charge is 0.193 e. The molecular weight excluding hydrogens is 272 g/mol. The maximum absolute atomic E-state index is 6.06. The summed E-state index contributed by atoms with van der Waals surface area (Å²) in [6.07, 6.45) is 1.11. The monoisotopic (exact) mass is 294 g/mol. The number of hydrogen-bond acceptors (Lipinski definition) is 2. The first-order chi connectivity index (χ1) is 9.60. The Balaban J connectivity index is 1.97. The van der Waals surface area contributed by atoms with Crippen molar-refractivity contribution in [2.75, 3.05) is 38.6 Å². The van der Waals surface area contributed by atoms with Crippen molar-refractivity contribution in [1.29, 1.82) is 0 Å². The average molecular weight is 295 g/mol. The van der Waals surface area contributed by atoms with Gasteiger partial charge < -0.3 is 15.1 Å². The van der Waals surface area contributed by atoms with E-state index < -0.39 is 0 Å². The van der Waals surface area contributed by atoms with Gasteiger partial charge in [0.05, 0.1) is 0 Å². The lowest BCUT2D eigenvalue weighted by Gasteiger charge is -2.23. The van der Waals surface area contributed by atoms with Gasteiger partial charge in [0.2, 0.25) is 0 Å². The van der Waals surface area contributed by atoms with Gasteiger partial charge in [0.15, 0.2) is 5.96 Å². The molecule has 1 atom stereocenters. The molecule has 0 aliphatic carbocycles. The van der Waals surface area contributed by atoms with E-state index >= 15 is 0 Å². The van der Waals surface area contributed by atoms with E-state index in [1.54, 1.807) is 0 Å². The summed E-state index contributed by atoms with van der Waals surface area (Å²) in [6, 6.07) is 8.48. The number of halogens is 1. The van der Waals surface area contributed by atoms with Crippen LogP contribution in [0.4, 0.5) is 5.69 Å². The molecular formula is C15H23ClN4. The van der Waals surface area contributed by atoms with Crippen molar-refractivity contribution >= 4 is 23.2 Å². The van der Waals surface area contributed by atoms with Crippen LogP contribution < -0.4 is 10.2 Å². The molecule has 0 amide bonds. The van der Waals surface area contributed by atoms with E-state index in [2.05, 4.69) is 28.2 Å². The molecule has 1 fully saturated rings. The summed E-state index contributed by atoms with van der Waals surface area (Å²) in [5.41, 5.74) is 1.20. The van der Waals surface area contributed by atoms with Gasteiger partial charge in [-0.05, 0) is 31.5 Å². The minimum atomic E-state index is 0.432. The van der Waals surface area contributed by atoms with Gasteiger partial charge in [-0.3, -0.25) is 4.99 Å². The molecule has 0 bridgehead atoms. The summed E-state index contributed by atoms with van der Waals surface area (Å²) in [6.45, 7) is 4.88. The Labute approximate surface area is 126 Å². The fraction of sp³-hybridized carbons (Fsp3) is 0.533. The van der Waals surface area contributed by atoms with Crippen LogP contribution in [0.15, 0.2) is 29.3 Å². The third kappa shape index (κ3) is 3.79. The maximum Gasteiger partial charge on any atom is 0.193 e. The lowest BCUT2D eigenvalue weighted by Crippen LogP contribution is -2.44. The number of nitrogens with one attached hydrogen (secondary N) is 1. The van der Waals surface area contributed by atoms with E-state index in [-0.39, 0.29) is 0 Å². The van der Waals surface area contributed by atoms with E-state index in [0.717, 1.165) is 37.0 Å². The third-order valence-electron chi connectivity index (χ3n) is 3.43. The average Bonchev–Trinajstić information content (AvgIpc) is 2.87. The maximum atomic E-state index is 6.06. The Kier molecular flexibility index (Phi) is 5.12. The zero-order valence-corrected chi connectivity index (χ0v) is 13.2. The molecule has 110 valence electrons. The highest BCUT2D eigenvalue weighted by Crippen LogP contribution is 2.23. The second-order valence-corrected chi connectivity index (χ2v) is 5.68. The molecule has 1 N–H and O–H groups in total. The van der Waals surface area contributed by atoms with Gasteiger partial charge in [0.1, 0.15) is 0 Å². The summed E-state index contributed by atoms with van der Waals surface area (Å²) in [5.74, 6) is 0.963. The zero-order chi connectivity index (χ0) is 14.5. The zero-order valence-electron chi connectivity index (χ0n) is 12.4. The van der Waals surface area contributed by atoms with Crippen molar-refractivity contribution in [2.45, 2.75) is 19.4 Å². The van der Waals surface area contributed by atoms with E-state index in [1.165, 1.54) is 5.69 Å². The third-order valence-corrected chi connectivity index (χ3v) is 3.66. The molecule has 0 spiro atoms. The second-order valence-electron chi connectivity index (χ2n) is 5.25. The van der Waals surface area contributed by atoms with Crippen LogP contribution in [0.1, 0.15) is 13.3 Å². The van der Waals surface area contributed by atoms with Gasteiger partial charge >= 0.3 is 0 Å². The van der Waals surface area contributed by atoms with Crippen molar-refractivity contribution in [2.24, 2.45) is 4.99 Å². The van der Waals surface area contributed by atoms with Gasteiger partial charge in [-0.25, -0.2) is 0 Å². The Bertz CT molecular complexity index is 473. The number of hydrogen-bond donors (Lipinski definition) is 1. The highest BCUT2D eigenvalue weighted by molar-refractivity contribution is 6.30. The molecule has 5 heteroatoms. The van der Waals surface area contributed by atoms with E-state index in [4.69, 9.17) is 11.6 Å². The Morgan fingerprint density at radius 1 is 1.50 bits per heavy atom. The lowest BCUT2D eigenvalue weighted by molar-refractivity contribution is 0.546. The summed E-state index contributed by atoms with van der Waals surface area (Å²) >= 11 is 6.06.